The summed E-state index contributed by atoms with van der Waals surface area (Å²) in [5.74, 6) is -0.510. The van der Waals surface area contributed by atoms with Crippen LogP contribution in [0.3, 0.4) is 0 Å². The zero-order valence-electron chi connectivity index (χ0n) is 12.2. The molecule has 0 amide bonds. The Morgan fingerprint density at radius 2 is 2.18 bits per heavy atom. The van der Waals surface area contributed by atoms with E-state index in [0.29, 0.717) is 0 Å². The van der Waals surface area contributed by atoms with Crippen molar-refractivity contribution in [3.8, 4) is 5.69 Å². The minimum Gasteiger partial charge on any atom is -0.454 e. The lowest BCUT2D eigenvalue weighted by Gasteiger charge is -2.00. The van der Waals surface area contributed by atoms with Crippen LogP contribution in [0.15, 0.2) is 36.5 Å². The molecular weight excluding hydrogens is 300 g/mol. The van der Waals surface area contributed by atoms with Gasteiger partial charge in [0, 0.05) is 4.88 Å². The van der Waals surface area contributed by atoms with Crippen LogP contribution in [0, 0.1) is 13.8 Å². The highest BCUT2D eigenvalue weighted by Crippen LogP contribution is 2.12. The number of nitrogens with zero attached hydrogens (tertiary/aromatic N) is 4. The minimum atomic E-state index is -0.510. The van der Waals surface area contributed by atoms with E-state index in [9.17, 15) is 4.79 Å². The standard InChI is InChI=1S/C15H14N4O2S/c1-10-4-3-5-13(6-10)19-8-14(16-18-19)15(20)21-9-12-7-11(2)22-17-12/h3-8H,9H2,1-2H3. The van der Waals surface area contributed by atoms with Gasteiger partial charge in [0.15, 0.2) is 5.69 Å². The average molecular weight is 314 g/mol. The van der Waals surface area contributed by atoms with Gasteiger partial charge in [-0.3, -0.25) is 0 Å². The summed E-state index contributed by atoms with van der Waals surface area (Å²) < 4.78 is 10.9. The molecule has 0 aliphatic heterocycles. The monoisotopic (exact) mass is 314 g/mol. The zero-order chi connectivity index (χ0) is 15.5. The number of aryl methyl sites for hydroxylation is 2. The molecule has 1 aromatic carbocycles. The number of rotatable bonds is 4. The van der Waals surface area contributed by atoms with Gasteiger partial charge < -0.3 is 4.74 Å². The first-order chi connectivity index (χ1) is 10.6. The number of carbonyl (C=O) groups is 1. The highest BCUT2D eigenvalue weighted by molar-refractivity contribution is 7.05. The van der Waals surface area contributed by atoms with Crippen molar-refractivity contribution in [3.63, 3.8) is 0 Å². The number of benzene rings is 1. The molecule has 0 saturated carbocycles. The SMILES string of the molecule is Cc1cccc(-n2cc(C(=O)OCc3cc(C)sn3)nn2)c1. The van der Waals surface area contributed by atoms with Crippen molar-refractivity contribution >= 4 is 17.5 Å². The van der Waals surface area contributed by atoms with E-state index in [2.05, 4.69) is 14.7 Å². The number of esters is 1. The molecule has 2 aromatic heterocycles. The predicted octanol–water partition coefficient (Wildman–Crippen LogP) is 2.70. The fourth-order valence-electron chi connectivity index (χ4n) is 1.95. The number of hydrogen-bond acceptors (Lipinski definition) is 6. The van der Waals surface area contributed by atoms with E-state index in [-0.39, 0.29) is 12.3 Å². The number of ether oxygens (including phenoxy) is 1. The van der Waals surface area contributed by atoms with Crippen molar-refractivity contribution in [3.05, 3.63) is 58.4 Å². The maximum atomic E-state index is 12.0. The second-order valence-electron chi connectivity index (χ2n) is 4.89. The smallest absolute Gasteiger partial charge is 0.360 e. The maximum absolute atomic E-state index is 12.0. The van der Waals surface area contributed by atoms with Gasteiger partial charge in [0.1, 0.15) is 6.61 Å². The first kappa shape index (κ1) is 14.4. The summed E-state index contributed by atoms with van der Waals surface area (Å²) >= 11 is 1.38. The van der Waals surface area contributed by atoms with E-state index in [4.69, 9.17) is 4.74 Å². The minimum absolute atomic E-state index is 0.139. The lowest BCUT2D eigenvalue weighted by atomic mass is 10.2. The largest absolute Gasteiger partial charge is 0.454 e. The molecule has 2 heterocycles. The molecule has 112 valence electrons. The topological polar surface area (TPSA) is 69.9 Å². The van der Waals surface area contributed by atoms with Gasteiger partial charge in [-0.1, -0.05) is 17.3 Å². The third-order valence-corrected chi connectivity index (χ3v) is 3.73. The van der Waals surface area contributed by atoms with E-state index < -0.39 is 5.97 Å². The number of hydrogen-bond donors (Lipinski definition) is 0. The van der Waals surface area contributed by atoms with Crippen molar-refractivity contribution in [2.75, 3.05) is 0 Å². The molecule has 3 aromatic rings. The van der Waals surface area contributed by atoms with Crippen LogP contribution in [0.5, 0.6) is 0 Å². The van der Waals surface area contributed by atoms with Crippen molar-refractivity contribution in [1.82, 2.24) is 19.4 Å². The lowest BCUT2D eigenvalue weighted by Crippen LogP contribution is -2.05. The number of carbonyl (C=O) groups excluding carboxylic acids is 1. The summed E-state index contributed by atoms with van der Waals surface area (Å²) in [6, 6.07) is 9.67. The van der Waals surface area contributed by atoms with Gasteiger partial charge in [0.2, 0.25) is 0 Å². The van der Waals surface area contributed by atoms with Crippen LogP contribution >= 0.6 is 11.5 Å². The predicted molar refractivity (Wildman–Crippen MR) is 82.1 cm³/mol. The Balaban J connectivity index is 1.69. The molecule has 3 rings (SSSR count). The molecule has 0 radical (unpaired) electrons. The van der Waals surface area contributed by atoms with Crippen molar-refractivity contribution < 1.29 is 9.53 Å². The van der Waals surface area contributed by atoms with Crippen LogP contribution < -0.4 is 0 Å². The van der Waals surface area contributed by atoms with Crippen LogP contribution in [0.1, 0.15) is 26.6 Å². The molecule has 0 aliphatic carbocycles. The van der Waals surface area contributed by atoms with Crippen molar-refractivity contribution in [2.24, 2.45) is 0 Å². The molecule has 22 heavy (non-hydrogen) atoms. The third-order valence-electron chi connectivity index (χ3n) is 3.00. The molecule has 7 heteroatoms. The van der Waals surface area contributed by atoms with Crippen molar-refractivity contribution in [2.45, 2.75) is 20.5 Å². The fraction of sp³-hybridized carbons (Fsp3) is 0.200. The zero-order valence-corrected chi connectivity index (χ0v) is 13.0. The van der Waals surface area contributed by atoms with Gasteiger partial charge in [-0.15, -0.1) is 5.10 Å². The van der Waals surface area contributed by atoms with Gasteiger partial charge >= 0.3 is 5.97 Å². The summed E-state index contributed by atoms with van der Waals surface area (Å²) in [5.41, 5.74) is 2.87. The highest BCUT2D eigenvalue weighted by atomic mass is 32.1. The van der Waals surface area contributed by atoms with Gasteiger partial charge in [0.05, 0.1) is 17.6 Å². The molecule has 6 nitrogen and oxygen atoms in total. The summed E-state index contributed by atoms with van der Waals surface area (Å²) in [4.78, 5) is 13.1. The first-order valence-corrected chi connectivity index (χ1v) is 7.48. The summed E-state index contributed by atoms with van der Waals surface area (Å²) in [7, 11) is 0. The second kappa shape index (κ2) is 6.07. The van der Waals surface area contributed by atoms with Gasteiger partial charge in [-0.05, 0) is 49.1 Å². The van der Waals surface area contributed by atoms with Crippen LogP contribution in [-0.4, -0.2) is 25.3 Å². The Hall–Kier alpha value is -2.54. The molecule has 0 atom stereocenters. The summed E-state index contributed by atoms with van der Waals surface area (Å²) in [6.45, 7) is 4.09. The van der Waals surface area contributed by atoms with Gasteiger partial charge in [-0.25, -0.2) is 9.48 Å². The lowest BCUT2D eigenvalue weighted by molar-refractivity contribution is 0.0461. The Morgan fingerprint density at radius 3 is 2.91 bits per heavy atom. The summed E-state index contributed by atoms with van der Waals surface area (Å²) in [5, 5.41) is 7.82. The molecule has 0 bridgehead atoms. The van der Waals surface area contributed by atoms with Crippen molar-refractivity contribution in [1.29, 1.82) is 0 Å². The Morgan fingerprint density at radius 1 is 1.32 bits per heavy atom. The Labute approximate surface area is 131 Å². The van der Waals surface area contributed by atoms with Gasteiger partial charge in [0.25, 0.3) is 0 Å². The van der Waals surface area contributed by atoms with E-state index in [1.165, 1.54) is 11.5 Å². The Kier molecular flexibility index (Phi) is 3.97. The average Bonchev–Trinajstić information content (AvgIpc) is 3.14. The van der Waals surface area contributed by atoms with Crippen LogP contribution in [-0.2, 0) is 11.3 Å². The van der Waals surface area contributed by atoms with Gasteiger partial charge in [-0.2, -0.15) is 4.37 Å². The number of aromatic nitrogens is 4. The normalized spacial score (nSPS) is 10.6. The van der Waals surface area contributed by atoms with E-state index in [1.807, 2.05) is 44.2 Å². The van der Waals surface area contributed by atoms with E-state index >= 15 is 0 Å². The fourth-order valence-corrected chi connectivity index (χ4v) is 2.51. The summed E-state index contributed by atoms with van der Waals surface area (Å²) in [6.07, 6.45) is 1.56. The molecular formula is C15H14N4O2S. The molecule has 0 fully saturated rings. The highest BCUT2D eigenvalue weighted by Gasteiger charge is 2.14. The molecule has 0 spiro atoms. The Bertz CT molecular complexity index is 809. The molecule has 0 aliphatic rings. The van der Waals surface area contributed by atoms with E-state index in [1.54, 1.807) is 10.9 Å². The van der Waals surface area contributed by atoms with Crippen LogP contribution in [0.25, 0.3) is 5.69 Å². The van der Waals surface area contributed by atoms with Crippen LogP contribution in [0.4, 0.5) is 0 Å². The van der Waals surface area contributed by atoms with Crippen LogP contribution in [0.2, 0.25) is 0 Å². The third kappa shape index (κ3) is 3.20. The second-order valence-corrected chi connectivity index (χ2v) is 5.90. The molecule has 0 N–H and O–H groups in total. The quantitative estimate of drug-likeness (QED) is 0.692. The molecule has 0 unspecified atom stereocenters. The van der Waals surface area contributed by atoms with E-state index in [0.717, 1.165) is 21.8 Å². The first-order valence-electron chi connectivity index (χ1n) is 6.70. The molecule has 0 saturated heterocycles. The maximum Gasteiger partial charge on any atom is 0.360 e.